The lowest BCUT2D eigenvalue weighted by atomic mass is 9.93. The van der Waals surface area contributed by atoms with Gasteiger partial charge in [-0.25, -0.2) is 0 Å². The second-order valence-electron chi connectivity index (χ2n) is 7.94. The first-order valence-electron chi connectivity index (χ1n) is 8.63. The van der Waals surface area contributed by atoms with Gasteiger partial charge in [0.1, 0.15) is 0 Å². The third-order valence-corrected chi connectivity index (χ3v) is 4.64. The van der Waals surface area contributed by atoms with Crippen LogP contribution in [-0.2, 0) is 11.8 Å². The standard InChI is InChI=1S/C17H28N6O.HI/c1-17(2,3)23-14(24)7-11(8-19-16(18)21-13-5-6-13)15(23)12-9-20-22(4)10-12;/h9-11,13,15H,5-8H2,1-4H3,(H3,18,19,21);1H/t11-,15+;/m0./s1. The van der Waals surface area contributed by atoms with Crippen LogP contribution in [0.15, 0.2) is 17.4 Å². The van der Waals surface area contributed by atoms with E-state index in [4.69, 9.17) is 5.73 Å². The third-order valence-electron chi connectivity index (χ3n) is 4.64. The highest BCUT2D eigenvalue weighted by Gasteiger charge is 2.45. The van der Waals surface area contributed by atoms with Crippen LogP contribution in [0.5, 0.6) is 0 Å². The third kappa shape index (κ3) is 4.65. The summed E-state index contributed by atoms with van der Waals surface area (Å²) in [5.41, 5.74) is 6.78. The first-order chi connectivity index (χ1) is 11.3. The number of carbonyl (C=O) groups excluding carboxylic acids is 1. The highest BCUT2D eigenvalue weighted by atomic mass is 127. The maximum atomic E-state index is 12.7. The summed E-state index contributed by atoms with van der Waals surface area (Å²) in [4.78, 5) is 19.1. The molecule has 2 atom stereocenters. The molecular weight excluding hydrogens is 431 g/mol. The normalized spacial score (nSPS) is 24.4. The lowest BCUT2D eigenvalue weighted by Gasteiger charge is -2.38. The molecule has 8 heteroatoms. The van der Waals surface area contributed by atoms with E-state index in [9.17, 15) is 4.79 Å². The fourth-order valence-electron chi connectivity index (χ4n) is 3.47. The Kier molecular flexibility index (Phi) is 6.01. The average molecular weight is 460 g/mol. The zero-order valence-electron chi connectivity index (χ0n) is 15.4. The predicted molar refractivity (Wildman–Crippen MR) is 109 cm³/mol. The Hall–Kier alpha value is -1.32. The van der Waals surface area contributed by atoms with Crippen molar-refractivity contribution in [3.8, 4) is 0 Å². The van der Waals surface area contributed by atoms with Gasteiger partial charge < -0.3 is 16.0 Å². The summed E-state index contributed by atoms with van der Waals surface area (Å²) in [7, 11) is 1.90. The monoisotopic (exact) mass is 460 g/mol. The SMILES string of the molecule is Cn1cc([C@H]2[C@H](CN=C(N)NC3CC3)CC(=O)N2C(C)(C)C)cn1.I. The van der Waals surface area contributed by atoms with Crippen molar-refractivity contribution < 1.29 is 4.79 Å². The molecule has 3 N–H and O–H groups in total. The van der Waals surface area contributed by atoms with E-state index in [0.29, 0.717) is 25.0 Å². The summed E-state index contributed by atoms with van der Waals surface area (Å²) in [6, 6.07) is 0.475. The molecule has 25 heavy (non-hydrogen) atoms. The molecule has 1 aromatic rings. The molecule has 2 heterocycles. The van der Waals surface area contributed by atoms with Crippen LogP contribution < -0.4 is 11.1 Å². The van der Waals surface area contributed by atoms with E-state index in [2.05, 4.69) is 36.2 Å². The van der Waals surface area contributed by atoms with Crippen LogP contribution in [0.25, 0.3) is 0 Å². The zero-order chi connectivity index (χ0) is 17.5. The molecule has 0 aromatic carbocycles. The Morgan fingerprint density at radius 3 is 2.64 bits per heavy atom. The predicted octanol–water partition coefficient (Wildman–Crippen LogP) is 1.79. The maximum Gasteiger partial charge on any atom is 0.223 e. The van der Waals surface area contributed by atoms with Crippen LogP contribution in [0.3, 0.4) is 0 Å². The molecule has 1 aromatic heterocycles. The molecule has 1 amide bonds. The quantitative estimate of drug-likeness (QED) is 0.408. The summed E-state index contributed by atoms with van der Waals surface area (Å²) in [6.45, 7) is 6.76. The Balaban J connectivity index is 0.00000225. The summed E-state index contributed by atoms with van der Waals surface area (Å²) in [5, 5.41) is 7.49. The van der Waals surface area contributed by atoms with Crippen molar-refractivity contribution in [2.45, 2.75) is 57.7 Å². The fraction of sp³-hybridized carbons (Fsp3) is 0.706. The average Bonchev–Trinajstić information content (AvgIpc) is 3.06. The molecule has 1 aliphatic heterocycles. The molecule has 1 aliphatic carbocycles. The van der Waals surface area contributed by atoms with Crippen molar-refractivity contribution in [1.82, 2.24) is 20.0 Å². The van der Waals surface area contributed by atoms with Gasteiger partial charge in [-0.15, -0.1) is 24.0 Å². The molecule has 0 spiro atoms. The summed E-state index contributed by atoms with van der Waals surface area (Å²) in [6.07, 6.45) is 6.66. The number of aromatic nitrogens is 2. The van der Waals surface area contributed by atoms with Crippen LogP contribution in [0.2, 0.25) is 0 Å². The number of nitrogens with two attached hydrogens (primary N) is 1. The van der Waals surface area contributed by atoms with E-state index in [1.54, 1.807) is 4.68 Å². The largest absolute Gasteiger partial charge is 0.370 e. The lowest BCUT2D eigenvalue weighted by molar-refractivity contribution is -0.133. The van der Waals surface area contributed by atoms with Crippen molar-refractivity contribution in [2.24, 2.45) is 23.7 Å². The molecule has 0 radical (unpaired) electrons. The van der Waals surface area contributed by atoms with E-state index < -0.39 is 0 Å². The molecule has 2 fully saturated rings. The minimum absolute atomic E-state index is 0. The maximum absolute atomic E-state index is 12.7. The summed E-state index contributed by atoms with van der Waals surface area (Å²) >= 11 is 0. The van der Waals surface area contributed by atoms with Gasteiger partial charge in [0.2, 0.25) is 5.91 Å². The van der Waals surface area contributed by atoms with Gasteiger partial charge in [-0.1, -0.05) is 0 Å². The lowest BCUT2D eigenvalue weighted by Crippen LogP contribution is -2.44. The summed E-state index contributed by atoms with van der Waals surface area (Å²) < 4.78 is 1.78. The van der Waals surface area contributed by atoms with Gasteiger partial charge in [0, 0.05) is 49.3 Å². The second kappa shape index (κ2) is 7.51. The first-order valence-corrected chi connectivity index (χ1v) is 8.63. The second-order valence-corrected chi connectivity index (χ2v) is 7.94. The van der Waals surface area contributed by atoms with E-state index in [-0.39, 0.29) is 47.4 Å². The minimum Gasteiger partial charge on any atom is -0.370 e. The number of nitrogens with zero attached hydrogens (tertiary/aromatic N) is 4. The highest BCUT2D eigenvalue weighted by molar-refractivity contribution is 14.0. The molecule has 0 bridgehead atoms. The first kappa shape index (κ1) is 20.0. The smallest absolute Gasteiger partial charge is 0.223 e. The Morgan fingerprint density at radius 1 is 1.44 bits per heavy atom. The number of aliphatic imine (C=N–C) groups is 1. The Morgan fingerprint density at radius 2 is 2.12 bits per heavy atom. The highest BCUT2D eigenvalue weighted by Crippen LogP contribution is 2.42. The molecule has 0 unspecified atom stereocenters. The van der Waals surface area contributed by atoms with Crippen LogP contribution >= 0.6 is 24.0 Å². The van der Waals surface area contributed by atoms with Crippen LogP contribution in [0, 0.1) is 5.92 Å². The number of rotatable bonds is 4. The number of aryl methyl sites for hydroxylation is 1. The van der Waals surface area contributed by atoms with E-state index in [0.717, 1.165) is 18.4 Å². The minimum atomic E-state index is -0.242. The topological polar surface area (TPSA) is 88.5 Å². The number of carbonyl (C=O) groups is 1. The van der Waals surface area contributed by atoms with Crippen molar-refractivity contribution in [3.63, 3.8) is 0 Å². The fourth-order valence-corrected chi connectivity index (χ4v) is 3.47. The molecule has 1 saturated carbocycles. The number of amides is 1. The molecule has 3 rings (SSSR count). The van der Waals surface area contributed by atoms with Gasteiger partial charge in [-0.2, -0.15) is 5.10 Å². The molecular formula is C17H29IN6O. The number of nitrogens with one attached hydrogen (secondary N) is 1. The zero-order valence-corrected chi connectivity index (χ0v) is 17.7. The summed E-state index contributed by atoms with van der Waals surface area (Å²) in [5.74, 6) is 0.773. The molecule has 2 aliphatic rings. The number of hydrogen-bond donors (Lipinski definition) is 2. The van der Waals surface area contributed by atoms with Crippen molar-refractivity contribution in [2.75, 3.05) is 6.54 Å². The van der Waals surface area contributed by atoms with Gasteiger partial charge in [0.15, 0.2) is 5.96 Å². The number of likely N-dealkylation sites (tertiary alicyclic amines) is 1. The molecule has 7 nitrogen and oxygen atoms in total. The van der Waals surface area contributed by atoms with Crippen LogP contribution in [0.1, 0.15) is 51.6 Å². The van der Waals surface area contributed by atoms with E-state index >= 15 is 0 Å². The van der Waals surface area contributed by atoms with Crippen molar-refractivity contribution >= 4 is 35.8 Å². The van der Waals surface area contributed by atoms with Crippen molar-refractivity contribution in [1.29, 1.82) is 0 Å². The van der Waals surface area contributed by atoms with Gasteiger partial charge in [-0.3, -0.25) is 14.5 Å². The van der Waals surface area contributed by atoms with E-state index in [1.807, 2.05) is 24.3 Å². The Labute approximate surface area is 166 Å². The molecule has 1 saturated heterocycles. The van der Waals surface area contributed by atoms with Gasteiger partial charge in [0.05, 0.1) is 12.2 Å². The molecule has 140 valence electrons. The van der Waals surface area contributed by atoms with Crippen LogP contribution in [0.4, 0.5) is 0 Å². The van der Waals surface area contributed by atoms with Gasteiger partial charge >= 0.3 is 0 Å². The van der Waals surface area contributed by atoms with Gasteiger partial charge in [0.25, 0.3) is 0 Å². The van der Waals surface area contributed by atoms with Gasteiger partial charge in [-0.05, 0) is 33.6 Å². The number of halogens is 1. The number of hydrogen-bond acceptors (Lipinski definition) is 3. The van der Waals surface area contributed by atoms with E-state index in [1.165, 1.54) is 0 Å². The Bertz CT molecular complexity index is 646. The number of guanidine groups is 1. The van der Waals surface area contributed by atoms with Crippen molar-refractivity contribution in [3.05, 3.63) is 18.0 Å². The van der Waals surface area contributed by atoms with Crippen LogP contribution in [-0.4, -0.2) is 44.7 Å².